The second-order valence-electron chi connectivity index (χ2n) is 4.97. The van der Waals surface area contributed by atoms with Gasteiger partial charge < -0.3 is 19.8 Å². The summed E-state index contributed by atoms with van der Waals surface area (Å²) >= 11 is 0. The Bertz CT molecular complexity index is 446. The predicted molar refractivity (Wildman–Crippen MR) is 69.8 cm³/mol. The van der Waals surface area contributed by atoms with Crippen LogP contribution in [0.2, 0.25) is 0 Å². The Labute approximate surface area is 112 Å². The number of hydrogen-bond donors (Lipinski definition) is 2. The molecule has 0 radical (unpaired) electrons. The summed E-state index contributed by atoms with van der Waals surface area (Å²) in [6.45, 7) is 7.70. The number of hydrogen-bond acceptors (Lipinski definition) is 4. The molecule has 106 valence electrons. The van der Waals surface area contributed by atoms with Crippen LogP contribution in [-0.2, 0) is 16.0 Å². The topological polar surface area (TPSA) is 80.4 Å². The average molecular weight is 268 g/mol. The van der Waals surface area contributed by atoms with Crippen LogP contribution in [0.4, 0.5) is 4.79 Å². The van der Waals surface area contributed by atoms with Gasteiger partial charge in [0.05, 0.1) is 13.2 Å². The van der Waals surface area contributed by atoms with Gasteiger partial charge in [-0.3, -0.25) is 0 Å². The molecule has 0 aliphatic heterocycles. The van der Waals surface area contributed by atoms with Crippen LogP contribution < -0.4 is 5.32 Å². The summed E-state index contributed by atoms with van der Waals surface area (Å²) in [4.78, 5) is 25.7. The molecule has 6 nitrogen and oxygen atoms in total. The van der Waals surface area contributed by atoms with Crippen molar-refractivity contribution in [1.82, 2.24) is 10.3 Å². The van der Waals surface area contributed by atoms with Crippen molar-refractivity contribution in [2.45, 2.75) is 39.8 Å². The first-order valence-electron chi connectivity index (χ1n) is 6.13. The number of carbonyl (C=O) groups is 2. The van der Waals surface area contributed by atoms with Gasteiger partial charge in [-0.2, -0.15) is 0 Å². The van der Waals surface area contributed by atoms with E-state index in [9.17, 15) is 9.59 Å². The molecule has 1 amide bonds. The summed E-state index contributed by atoms with van der Waals surface area (Å²) < 4.78 is 9.95. The lowest BCUT2D eigenvalue weighted by molar-refractivity contribution is 0.0515. The van der Waals surface area contributed by atoms with Crippen molar-refractivity contribution in [3.8, 4) is 0 Å². The fourth-order valence-corrected chi connectivity index (χ4v) is 1.35. The zero-order chi connectivity index (χ0) is 14.5. The van der Waals surface area contributed by atoms with Crippen LogP contribution in [0.25, 0.3) is 0 Å². The normalized spacial score (nSPS) is 10.9. The van der Waals surface area contributed by atoms with Gasteiger partial charge in [-0.05, 0) is 39.8 Å². The minimum Gasteiger partial charge on any atom is -0.461 e. The van der Waals surface area contributed by atoms with Crippen LogP contribution in [0.5, 0.6) is 0 Å². The molecule has 2 N–H and O–H groups in total. The maximum absolute atomic E-state index is 11.4. The summed E-state index contributed by atoms with van der Waals surface area (Å²) in [5.41, 5.74) is 0.535. The first-order chi connectivity index (χ1) is 8.81. The Morgan fingerprint density at radius 1 is 1.32 bits per heavy atom. The van der Waals surface area contributed by atoms with Crippen molar-refractivity contribution >= 4 is 12.1 Å². The number of rotatable bonds is 4. The van der Waals surface area contributed by atoms with Crippen LogP contribution in [-0.4, -0.2) is 29.3 Å². The molecule has 0 aliphatic rings. The molecule has 1 aromatic heterocycles. The van der Waals surface area contributed by atoms with E-state index in [1.807, 2.05) is 0 Å². The summed E-state index contributed by atoms with van der Waals surface area (Å²) in [6, 6.07) is 3.33. The second kappa shape index (κ2) is 6.26. The molecular formula is C13H20N2O4. The van der Waals surface area contributed by atoms with Crippen LogP contribution in [0.3, 0.4) is 0 Å². The minimum absolute atomic E-state index is 0.258. The van der Waals surface area contributed by atoms with Gasteiger partial charge in [-0.15, -0.1) is 0 Å². The van der Waals surface area contributed by atoms with Crippen LogP contribution >= 0.6 is 0 Å². The molecule has 0 unspecified atom stereocenters. The third-order valence-electron chi connectivity index (χ3n) is 2.06. The Hall–Kier alpha value is -1.98. The lowest BCUT2D eigenvalue weighted by Gasteiger charge is -2.19. The fourth-order valence-electron chi connectivity index (χ4n) is 1.35. The number of carbonyl (C=O) groups excluding carboxylic acids is 2. The van der Waals surface area contributed by atoms with Gasteiger partial charge in [0.25, 0.3) is 0 Å². The number of ether oxygens (including phenoxy) is 2. The molecule has 0 fully saturated rings. The molecule has 1 aromatic rings. The van der Waals surface area contributed by atoms with Gasteiger partial charge in [0, 0.05) is 5.69 Å². The lowest BCUT2D eigenvalue weighted by atomic mass is 10.2. The minimum atomic E-state index is -0.532. The number of esters is 1. The average Bonchev–Trinajstić information content (AvgIpc) is 2.73. The zero-order valence-corrected chi connectivity index (χ0v) is 11.7. The molecule has 19 heavy (non-hydrogen) atoms. The molecular weight excluding hydrogens is 248 g/mol. The van der Waals surface area contributed by atoms with Gasteiger partial charge >= 0.3 is 12.1 Å². The van der Waals surface area contributed by atoms with Crippen LogP contribution in [0.15, 0.2) is 12.1 Å². The van der Waals surface area contributed by atoms with Crippen molar-refractivity contribution in [2.75, 3.05) is 6.61 Å². The van der Waals surface area contributed by atoms with Crippen LogP contribution in [0, 0.1) is 0 Å². The SMILES string of the molecule is CCOC(=O)c1ccc(CNC(=O)OC(C)(C)C)[nH]1. The standard InChI is InChI=1S/C13H20N2O4/c1-5-18-11(16)10-7-6-9(15-10)8-14-12(17)19-13(2,3)4/h6-7,15H,5,8H2,1-4H3,(H,14,17). The largest absolute Gasteiger partial charge is 0.461 e. The second-order valence-corrected chi connectivity index (χ2v) is 4.97. The van der Waals surface area contributed by atoms with Gasteiger partial charge in [-0.1, -0.05) is 0 Å². The molecule has 0 aromatic carbocycles. The predicted octanol–water partition coefficient (Wildman–Crippen LogP) is 2.22. The molecule has 0 aliphatic carbocycles. The van der Waals surface area contributed by atoms with E-state index in [0.717, 1.165) is 0 Å². The highest BCUT2D eigenvalue weighted by Gasteiger charge is 2.16. The molecule has 1 rings (SSSR count). The third kappa shape index (κ3) is 5.46. The van der Waals surface area contributed by atoms with E-state index >= 15 is 0 Å². The molecule has 0 spiro atoms. The number of aromatic amines is 1. The number of H-pyrrole nitrogens is 1. The van der Waals surface area contributed by atoms with Crippen molar-refractivity contribution in [2.24, 2.45) is 0 Å². The van der Waals surface area contributed by atoms with E-state index in [4.69, 9.17) is 9.47 Å². The van der Waals surface area contributed by atoms with Gasteiger partial charge in [-0.25, -0.2) is 9.59 Å². The highest BCUT2D eigenvalue weighted by atomic mass is 16.6. The Morgan fingerprint density at radius 3 is 2.58 bits per heavy atom. The van der Waals surface area contributed by atoms with Gasteiger partial charge in [0.15, 0.2) is 0 Å². The van der Waals surface area contributed by atoms with Gasteiger partial charge in [0.1, 0.15) is 11.3 Å². The Balaban J connectivity index is 2.46. The van der Waals surface area contributed by atoms with E-state index in [-0.39, 0.29) is 6.54 Å². The highest BCUT2D eigenvalue weighted by Crippen LogP contribution is 2.07. The quantitative estimate of drug-likeness (QED) is 0.820. The lowest BCUT2D eigenvalue weighted by Crippen LogP contribution is -2.32. The smallest absolute Gasteiger partial charge is 0.407 e. The highest BCUT2D eigenvalue weighted by molar-refractivity contribution is 5.87. The molecule has 0 saturated heterocycles. The van der Waals surface area contributed by atoms with Gasteiger partial charge in [0.2, 0.25) is 0 Å². The Kier molecular flexibility index (Phi) is 4.97. The number of nitrogens with one attached hydrogen (secondary N) is 2. The Morgan fingerprint density at radius 2 is 2.00 bits per heavy atom. The molecule has 6 heteroatoms. The molecule has 1 heterocycles. The maximum atomic E-state index is 11.4. The number of alkyl carbamates (subject to hydrolysis) is 1. The zero-order valence-electron chi connectivity index (χ0n) is 11.7. The summed E-state index contributed by atoms with van der Waals surface area (Å²) in [6.07, 6.45) is -0.500. The van der Waals surface area contributed by atoms with Crippen LogP contribution in [0.1, 0.15) is 43.9 Å². The molecule has 0 saturated carbocycles. The summed E-state index contributed by atoms with van der Waals surface area (Å²) in [5, 5.41) is 2.60. The molecule has 0 bridgehead atoms. The van der Waals surface area contributed by atoms with Crippen molar-refractivity contribution in [3.63, 3.8) is 0 Å². The summed E-state index contributed by atoms with van der Waals surface area (Å²) in [7, 11) is 0. The van der Waals surface area contributed by atoms with E-state index < -0.39 is 17.7 Å². The summed E-state index contributed by atoms with van der Waals surface area (Å²) in [5.74, 6) is -0.411. The number of aromatic nitrogens is 1. The van der Waals surface area contributed by atoms with E-state index in [0.29, 0.717) is 18.0 Å². The van der Waals surface area contributed by atoms with Crippen molar-refractivity contribution in [1.29, 1.82) is 0 Å². The first kappa shape index (κ1) is 15.1. The van der Waals surface area contributed by atoms with E-state index in [1.165, 1.54) is 0 Å². The maximum Gasteiger partial charge on any atom is 0.407 e. The van der Waals surface area contributed by atoms with Crippen molar-refractivity contribution < 1.29 is 19.1 Å². The first-order valence-corrected chi connectivity index (χ1v) is 6.13. The monoisotopic (exact) mass is 268 g/mol. The van der Waals surface area contributed by atoms with Crippen molar-refractivity contribution in [3.05, 3.63) is 23.5 Å². The molecule has 0 atom stereocenters. The number of amides is 1. The van der Waals surface area contributed by atoms with E-state index in [1.54, 1.807) is 39.8 Å². The third-order valence-corrected chi connectivity index (χ3v) is 2.06. The van der Waals surface area contributed by atoms with E-state index in [2.05, 4.69) is 10.3 Å². The fraction of sp³-hybridized carbons (Fsp3) is 0.538.